The molecule has 3 aliphatic rings. The lowest BCUT2D eigenvalue weighted by molar-refractivity contribution is -0.144. The van der Waals surface area contributed by atoms with Gasteiger partial charge >= 0.3 is 0 Å². The van der Waals surface area contributed by atoms with Crippen LogP contribution in [0.25, 0.3) is 0 Å². The van der Waals surface area contributed by atoms with Crippen LogP contribution in [0, 0.1) is 35.0 Å². The highest BCUT2D eigenvalue weighted by Gasteiger charge is 2.54. The van der Waals surface area contributed by atoms with E-state index >= 15 is 0 Å². The van der Waals surface area contributed by atoms with E-state index in [1.165, 1.54) is 0 Å². The van der Waals surface area contributed by atoms with Gasteiger partial charge in [0.2, 0.25) is 11.8 Å². The fraction of sp³-hybridized carbons (Fsp3) is 0.720. The fourth-order valence-corrected chi connectivity index (χ4v) is 6.18. The molecule has 0 spiro atoms. The second-order valence-electron chi connectivity index (χ2n) is 10.5. The molecule has 3 N–H and O–H groups in total. The van der Waals surface area contributed by atoms with Crippen LogP contribution in [0.4, 0.5) is 0 Å². The van der Waals surface area contributed by atoms with Crippen LogP contribution < -0.4 is 10.6 Å². The third-order valence-corrected chi connectivity index (χ3v) is 8.39. The minimum absolute atomic E-state index is 0.0274. The highest BCUT2D eigenvalue weighted by atomic mass is 16.3. The summed E-state index contributed by atoms with van der Waals surface area (Å²) >= 11 is 0. The molecule has 6 nitrogen and oxygen atoms in total. The van der Waals surface area contributed by atoms with Gasteiger partial charge in [-0.25, -0.2) is 0 Å². The molecule has 31 heavy (non-hydrogen) atoms. The number of amides is 2. The van der Waals surface area contributed by atoms with Crippen molar-refractivity contribution < 1.29 is 14.7 Å². The molecule has 0 radical (unpaired) electrons. The molecule has 0 saturated heterocycles. The van der Waals surface area contributed by atoms with Crippen molar-refractivity contribution in [3.05, 3.63) is 30.1 Å². The van der Waals surface area contributed by atoms with Gasteiger partial charge in [-0.2, -0.15) is 0 Å². The normalized spacial score (nSPS) is 36.2. The van der Waals surface area contributed by atoms with Crippen LogP contribution in [0.5, 0.6) is 0 Å². The van der Waals surface area contributed by atoms with Crippen molar-refractivity contribution in [2.24, 2.45) is 35.0 Å². The molecule has 7 atom stereocenters. The van der Waals surface area contributed by atoms with Gasteiger partial charge in [-0.15, -0.1) is 0 Å². The van der Waals surface area contributed by atoms with Crippen LogP contribution in [0.15, 0.2) is 24.4 Å². The molecule has 0 bridgehead atoms. The van der Waals surface area contributed by atoms with Crippen LogP contribution in [0.2, 0.25) is 0 Å². The minimum Gasteiger partial charge on any atom is -0.392 e. The molecule has 1 aromatic rings. The Labute approximate surface area is 185 Å². The molecule has 3 fully saturated rings. The second kappa shape index (κ2) is 8.89. The lowest BCUT2D eigenvalue weighted by Gasteiger charge is -2.56. The third kappa shape index (κ3) is 4.64. The summed E-state index contributed by atoms with van der Waals surface area (Å²) < 4.78 is 0. The molecular weight excluding hydrogens is 390 g/mol. The van der Waals surface area contributed by atoms with Gasteiger partial charge < -0.3 is 15.7 Å². The molecule has 2 amide bonds. The summed E-state index contributed by atoms with van der Waals surface area (Å²) in [6, 6.07) is 5.78. The Morgan fingerprint density at radius 3 is 2.65 bits per heavy atom. The zero-order chi connectivity index (χ0) is 22.2. The topological polar surface area (TPSA) is 91.3 Å². The molecule has 4 rings (SSSR count). The number of carbonyl (C=O) groups is 2. The highest BCUT2D eigenvalue weighted by Crippen LogP contribution is 2.55. The Morgan fingerprint density at radius 2 is 1.97 bits per heavy atom. The predicted octanol–water partition coefficient (Wildman–Crippen LogP) is 3.05. The number of fused-ring (bicyclic) bond motifs is 1. The van der Waals surface area contributed by atoms with E-state index in [-0.39, 0.29) is 52.9 Å². The summed E-state index contributed by atoms with van der Waals surface area (Å²) in [4.78, 5) is 29.5. The van der Waals surface area contributed by atoms with Gasteiger partial charge in [-0.3, -0.25) is 14.6 Å². The number of rotatable bonds is 6. The van der Waals surface area contributed by atoms with Crippen LogP contribution in [0.1, 0.15) is 65.0 Å². The zero-order valence-electron chi connectivity index (χ0n) is 19.0. The van der Waals surface area contributed by atoms with Gasteiger partial charge in [0.15, 0.2) is 0 Å². The van der Waals surface area contributed by atoms with Gasteiger partial charge in [0, 0.05) is 24.1 Å². The average Bonchev–Trinajstić information content (AvgIpc) is 3.60. The fourth-order valence-electron chi connectivity index (χ4n) is 6.18. The average molecular weight is 428 g/mol. The van der Waals surface area contributed by atoms with E-state index in [0.29, 0.717) is 6.54 Å². The summed E-state index contributed by atoms with van der Waals surface area (Å²) in [6.07, 6.45) is 7.06. The zero-order valence-corrected chi connectivity index (χ0v) is 19.0. The van der Waals surface area contributed by atoms with Gasteiger partial charge in [0.05, 0.1) is 18.3 Å². The third-order valence-electron chi connectivity index (χ3n) is 8.39. The van der Waals surface area contributed by atoms with Crippen molar-refractivity contribution in [3.8, 4) is 0 Å². The van der Waals surface area contributed by atoms with Crippen molar-refractivity contribution in [3.63, 3.8) is 0 Å². The molecule has 0 aliphatic heterocycles. The summed E-state index contributed by atoms with van der Waals surface area (Å²) in [6.45, 7) is 6.81. The van der Waals surface area contributed by atoms with Crippen LogP contribution >= 0.6 is 0 Å². The quantitative estimate of drug-likeness (QED) is 0.651. The number of nitrogens with one attached hydrogen (secondary N) is 2. The molecule has 3 aliphatic carbocycles. The number of hydrogen-bond donors (Lipinski definition) is 3. The Morgan fingerprint density at radius 1 is 1.23 bits per heavy atom. The maximum Gasteiger partial charge on any atom is 0.223 e. The molecule has 1 heterocycles. The number of hydrogen-bond acceptors (Lipinski definition) is 4. The summed E-state index contributed by atoms with van der Waals surface area (Å²) in [5.74, 6) is 0.315. The van der Waals surface area contributed by atoms with Crippen molar-refractivity contribution in [2.75, 3.05) is 0 Å². The first-order valence-corrected chi connectivity index (χ1v) is 12.0. The first kappa shape index (κ1) is 22.3. The van der Waals surface area contributed by atoms with Crippen molar-refractivity contribution in [1.29, 1.82) is 0 Å². The Hall–Kier alpha value is -1.95. The van der Waals surface area contributed by atoms with E-state index in [1.54, 1.807) is 6.20 Å². The molecule has 170 valence electrons. The minimum atomic E-state index is -0.537. The number of aliphatic hydroxyl groups is 1. The first-order valence-electron chi connectivity index (χ1n) is 12.0. The van der Waals surface area contributed by atoms with Crippen molar-refractivity contribution in [1.82, 2.24) is 15.6 Å². The van der Waals surface area contributed by atoms with E-state index < -0.39 is 6.10 Å². The van der Waals surface area contributed by atoms with E-state index in [1.807, 2.05) is 25.1 Å². The maximum absolute atomic E-state index is 12.9. The number of pyridine rings is 1. The van der Waals surface area contributed by atoms with Crippen LogP contribution in [-0.2, 0) is 16.1 Å². The summed E-state index contributed by atoms with van der Waals surface area (Å²) in [5, 5.41) is 17.7. The standard InChI is InChI=1S/C25H37N3O3/c1-15(23(30)27-14-18-6-4-5-13-26-18)19-9-11-25(3)12-10-20(16(2)21(25)22(19)29)28-24(31)17-7-8-17/h4-6,13,15-17,19-22,29H,7-12,14H2,1-3H3,(H,27,30)(H,28,31). The lowest BCUT2D eigenvalue weighted by Crippen LogP contribution is -2.58. The molecule has 6 heteroatoms. The van der Waals surface area contributed by atoms with Crippen molar-refractivity contribution in [2.45, 2.75) is 78.0 Å². The SMILES string of the molecule is CC(C(=O)NCc1ccccn1)C1CCC2(C)CCC(NC(=O)C3CC3)C(C)C2C1O. The van der Waals surface area contributed by atoms with Gasteiger partial charge in [0.25, 0.3) is 0 Å². The van der Waals surface area contributed by atoms with E-state index in [2.05, 4.69) is 29.5 Å². The molecule has 1 aromatic heterocycles. The largest absolute Gasteiger partial charge is 0.392 e. The number of aromatic nitrogens is 1. The van der Waals surface area contributed by atoms with E-state index in [4.69, 9.17) is 0 Å². The Kier molecular flexibility index (Phi) is 6.38. The summed E-state index contributed by atoms with van der Waals surface area (Å²) in [7, 11) is 0. The number of nitrogens with zero attached hydrogens (tertiary/aromatic N) is 1. The molecule has 3 saturated carbocycles. The van der Waals surface area contributed by atoms with E-state index in [0.717, 1.165) is 44.2 Å². The Bertz CT molecular complexity index is 796. The van der Waals surface area contributed by atoms with Crippen LogP contribution in [-0.4, -0.2) is 34.1 Å². The van der Waals surface area contributed by atoms with Gasteiger partial charge in [-0.1, -0.05) is 26.8 Å². The lowest BCUT2D eigenvalue weighted by atomic mass is 9.51. The maximum atomic E-state index is 12.9. The van der Waals surface area contributed by atoms with Gasteiger partial charge in [0.1, 0.15) is 0 Å². The van der Waals surface area contributed by atoms with Gasteiger partial charge in [-0.05, 0) is 73.8 Å². The smallest absolute Gasteiger partial charge is 0.223 e. The molecule has 0 aromatic carbocycles. The monoisotopic (exact) mass is 427 g/mol. The number of aliphatic hydroxyl groups excluding tert-OH is 1. The van der Waals surface area contributed by atoms with E-state index in [9.17, 15) is 14.7 Å². The Balaban J connectivity index is 1.41. The second-order valence-corrected chi connectivity index (χ2v) is 10.5. The number of carbonyl (C=O) groups excluding carboxylic acids is 2. The van der Waals surface area contributed by atoms with Crippen LogP contribution in [0.3, 0.4) is 0 Å². The first-order chi connectivity index (χ1) is 14.8. The highest BCUT2D eigenvalue weighted by molar-refractivity contribution is 5.81. The molecular formula is C25H37N3O3. The summed E-state index contributed by atoms with van der Waals surface area (Å²) in [5.41, 5.74) is 0.898. The molecule has 7 unspecified atom stereocenters. The van der Waals surface area contributed by atoms with Crippen molar-refractivity contribution >= 4 is 11.8 Å². The predicted molar refractivity (Wildman–Crippen MR) is 119 cm³/mol.